The Kier molecular flexibility index (Phi) is 4.08. The number of aromatic nitrogens is 4. The molecule has 0 aliphatic heterocycles. The molecule has 0 aliphatic rings. The van der Waals surface area contributed by atoms with E-state index in [9.17, 15) is 4.79 Å². The Hall–Kier alpha value is -1.89. The largest absolute Gasteiger partial charge is 0.481 e. The molecule has 20 heavy (non-hydrogen) atoms. The highest BCUT2D eigenvalue weighted by atomic mass is 32.2. The molecular formula is C13H16N4O2S. The van der Waals surface area contributed by atoms with Crippen LogP contribution in [0.5, 0.6) is 0 Å². The summed E-state index contributed by atoms with van der Waals surface area (Å²) in [7, 11) is 0. The van der Waals surface area contributed by atoms with Crippen LogP contribution in [0.4, 0.5) is 0 Å². The quantitative estimate of drug-likeness (QED) is 0.871. The van der Waals surface area contributed by atoms with Gasteiger partial charge in [-0.25, -0.2) is 0 Å². The summed E-state index contributed by atoms with van der Waals surface area (Å²) >= 11 is 1.17. The van der Waals surface area contributed by atoms with Gasteiger partial charge in [0.1, 0.15) is 0 Å². The van der Waals surface area contributed by atoms with Crippen molar-refractivity contribution in [2.24, 2.45) is 0 Å². The molecule has 0 bridgehead atoms. The first-order chi connectivity index (χ1) is 9.39. The number of hydrogen-bond donors (Lipinski definition) is 1. The number of carbonyl (C=O) groups is 1. The number of carboxylic acids is 1. The molecule has 0 amide bonds. The molecule has 7 heteroatoms. The maximum absolute atomic E-state index is 10.7. The molecule has 0 radical (unpaired) electrons. The van der Waals surface area contributed by atoms with Crippen LogP contribution in [0.15, 0.2) is 29.7 Å². The Labute approximate surface area is 121 Å². The van der Waals surface area contributed by atoms with Crippen molar-refractivity contribution < 1.29 is 9.90 Å². The molecule has 2 heterocycles. The molecule has 2 aromatic rings. The monoisotopic (exact) mass is 292 g/mol. The molecule has 0 saturated heterocycles. The number of carboxylic acid groups (broad SMARTS) is 1. The summed E-state index contributed by atoms with van der Waals surface area (Å²) in [6, 6.07) is 3.72. The third-order valence-electron chi connectivity index (χ3n) is 2.57. The molecule has 6 nitrogen and oxygen atoms in total. The van der Waals surface area contributed by atoms with Gasteiger partial charge in [0.2, 0.25) is 0 Å². The van der Waals surface area contributed by atoms with Gasteiger partial charge in [0.25, 0.3) is 0 Å². The van der Waals surface area contributed by atoms with Crippen LogP contribution in [-0.4, -0.2) is 36.6 Å². The Morgan fingerprint density at radius 3 is 2.50 bits per heavy atom. The van der Waals surface area contributed by atoms with Crippen molar-refractivity contribution >= 4 is 17.7 Å². The van der Waals surface area contributed by atoms with E-state index < -0.39 is 5.97 Å². The van der Waals surface area contributed by atoms with Crippen molar-refractivity contribution in [3.8, 4) is 11.4 Å². The van der Waals surface area contributed by atoms with Crippen LogP contribution in [0, 0.1) is 0 Å². The minimum Gasteiger partial charge on any atom is -0.481 e. The Balaban J connectivity index is 2.46. The van der Waals surface area contributed by atoms with Gasteiger partial charge in [-0.2, -0.15) is 0 Å². The minimum absolute atomic E-state index is 0.0371. The van der Waals surface area contributed by atoms with E-state index in [0.29, 0.717) is 11.0 Å². The number of nitrogens with zero attached hydrogens (tertiary/aromatic N) is 4. The lowest BCUT2D eigenvalue weighted by atomic mass is 10.1. The van der Waals surface area contributed by atoms with Gasteiger partial charge < -0.3 is 5.11 Å². The first kappa shape index (κ1) is 14.5. The maximum Gasteiger partial charge on any atom is 0.313 e. The molecule has 0 spiro atoms. The molecular weight excluding hydrogens is 276 g/mol. The Morgan fingerprint density at radius 2 is 1.95 bits per heavy atom. The van der Waals surface area contributed by atoms with Crippen LogP contribution >= 0.6 is 11.8 Å². The average Bonchev–Trinajstić information content (AvgIpc) is 2.81. The number of aliphatic carboxylic acids is 1. The topological polar surface area (TPSA) is 80.9 Å². The van der Waals surface area contributed by atoms with Gasteiger partial charge in [0.15, 0.2) is 11.0 Å². The molecule has 0 atom stereocenters. The number of thioether (sulfide) groups is 1. The van der Waals surface area contributed by atoms with E-state index in [0.717, 1.165) is 5.56 Å². The SMILES string of the molecule is CC(C)(C)n1c(SCC(=O)O)nnc1-c1ccncc1. The second-order valence-electron chi connectivity index (χ2n) is 5.23. The third kappa shape index (κ3) is 3.16. The Bertz CT molecular complexity index is 605. The fourth-order valence-corrected chi connectivity index (χ4v) is 2.62. The summed E-state index contributed by atoms with van der Waals surface area (Å²) in [4.78, 5) is 14.7. The van der Waals surface area contributed by atoms with Crippen LogP contribution in [0.3, 0.4) is 0 Å². The normalized spacial score (nSPS) is 11.6. The lowest BCUT2D eigenvalue weighted by Crippen LogP contribution is -2.24. The molecule has 0 aromatic carbocycles. The lowest BCUT2D eigenvalue weighted by molar-refractivity contribution is -0.133. The summed E-state index contributed by atoms with van der Waals surface area (Å²) in [5.74, 6) is -0.193. The second-order valence-corrected chi connectivity index (χ2v) is 6.17. The van der Waals surface area contributed by atoms with Gasteiger partial charge in [-0.3, -0.25) is 14.3 Å². The molecule has 0 unspecified atom stereocenters. The average molecular weight is 292 g/mol. The number of pyridine rings is 1. The van der Waals surface area contributed by atoms with Crippen LogP contribution in [0.2, 0.25) is 0 Å². The lowest BCUT2D eigenvalue weighted by Gasteiger charge is -2.24. The fraction of sp³-hybridized carbons (Fsp3) is 0.385. The number of rotatable bonds is 4. The van der Waals surface area contributed by atoms with Crippen molar-refractivity contribution in [2.75, 3.05) is 5.75 Å². The van der Waals surface area contributed by atoms with Gasteiger partial charge in [0, 0.05) is 23.5 Å². The molecule has 0 aliphatic carbocycles. The summed E-state index contributed by atoms with van der Waals surface area (Å²) in [5, 5.41) is 17.7. The predicted molar refractivity (Wildman–Crippen MR) is 76.6 cm³/mol. The first-order valence-corrected chi connectivity index (χ1v) is 7.09. The molecule has 1 N–H and O–H groups in total. The zero-order chi connectivity index (χ0) is 14.8. The molecule has 2 aromatic heterocycles. The van der Waals surface area contributed by atoms with Gasteiger partial charge in [-0.05, 0) is 32.9 Å². The van der Waals surface area contributed by atoms with Gasteiger partial charge in [-0.1, -0.05) is 11.8 Å². The van der Waals surface area contributed by atoms with Crippen LogP contribution < -0.4 is 0 Å². The summed E-state index contributed by atoms with van der Waals surface area (Å²) in [6.07, 6.45) is 3.39. The summed E-state index contributed by atoms with van der Waals surface area (Å²) in [6.45, 7) is 6.10. The Morgan fingerprint density at radius 1 is 1.30 bits per heavy atom. The van der Waals surface area contributed by atoms with Gasteiger partial charge in [0.05, 0.1) is 5.75 Å². The van der Waals surface area contributed by atoms with E-state index in [1.807, 2.05) is 37.5 Å². The third-order valence-corrected chi connectivity index (χ3v) is 3.48. The minimum atomic E-state index is -0.871. The predicted octanol–water partition coefficient (Wildman–Crippen LogP) is 2.27. The van der Waals surface area contributed by atoms with Crippen molar-refractivity contribution in [3.63, 3.8) is 0 Å². The van der Waals surface area contributed by atoms with E-state index >= 15 is 0 Å². The molecule has 2 rings (SSSR count). The van der Waals surface area contributed by atoms with Gasteiger partial charge in [-0.15, -0.1) is 10.2 Å². The van der Waals surface area contributed by atoms with Gasteiger partial charge >= 0.3 is 5.97 Å². The summed E-state index contributed by atoms with van der Waals surface area (Å²) in [5.41, 5.74) is 0.660. The number of hydrogen-bond acceptors (Lipinski definition) is 5. The standard InChI is InChI=1S/C13H16N4O2S/c1-13(2,3)17-11(9-4-6-14-7-5-9)15-16-12(17)20-8-10(18)19/h4-7H,8H2,1-3H3,(H,18,19). The molecule has 0 fully saturated rings. The maximum atomic E-state index is 10.7. The summed E-state index contributed by atoms with van der Waals surface area (Å²) < 4.78 is 1.95. The van der Waals surface area contributed by atoms with Crippen LogP contribution in [-0.2, 0) is 10.3 Å². The van der Waals surface area contributed by atoms with Crippen molar-refractivity contribution in [3.05, 3.63) is 24.5 Å². The molecule has 0 saturated carbocycles. The molecule has 106 valence electrons. The highest BCUT2D eigenvalue weighted by Crippen LogP contribution is 2.30. The van der Waals surface area contributed by atoms with Crippen LogP contribution in [0.25, 0.3) is 11.4 Å². The zero-order valence-electron chi connectivity index (χ0n) is 11.6. The van der Waals surface area contributed by atoms with Crippen molar-refractivity contribution in [1.29, 1.82) is 0 Å². The highest BCUT2D eigenvalue weighted by molar-refractivity contribution is 7.99. The zero-order valence-corrected chi connectivity index (χ0v) is 12.4. The van der Waals surface area contributed by atoms with Crippen LogP contribution in [0.1, 0.15) is 20.8 Å². The van der Waals surface area contributed by atoms with E-state index in [2.05, 4.69) is 15.2 Å². The van der Waals surface area contributed by atoms with E-state index in [1.54, 1.807) is 12.4 Å². The second kappa shape index (κ2) is 5.62. The van der Waals surface area contributed by atoms with Crippen molar-refractivity contribution in [2.45, 2.75) is 31.5 Å². The van der Waals surface area contributed by atoms with E-state index in [1.165, 1.54) is 11.8 Å². The van der Waals surface area contributed by atoms with E-state index in [-0.39, 0.29) is 11.3 Å². The first-order valence-electron chi connectivity index (χ1n) is 6.10. The van der Waals surface area contributed by atoms with E-state index in [4.69, 9.17) is 5.11 Å². The smallest absolute Gasteiger partial charge is 0.313 e. The van der Waals surface area contributed by atoms with Crippen molar-refractivity contribution in [1.82, 2.24) is 19.7 Å². The fourth-order valence-electron chi connectivity index (χ4n) is 1.78. The highest BCUT2D eigenvalue weighted by Gasteiger charge is 2.24.